The summed E-state index contributed by atoms with van der Waals surface area (Å²) in [6.07, 6.45) is 1.55. The number of benzene rings is 2. The summed E-state index contributed by atoms with van der Waals surface area (Å²) in [4.78, 5) is 24.1. The normalized spacial score (nSPS) is 13.2. The van der Waals surface area contributed by atoms with Gasteiger partial charge in [-0.1, -0.05) is 24.3 Å². The maximum atomic E-state index is 13.3. The number of hydrogen-bond donors (Lipinski definition) is 2. The Kier molecular flexibility index (Phi) is 6.06. The highest BCUT2D eigenvalue weighted by atomic mass is 32.2. The highest BCUT2D eigenvalue weighted by molar-refractivity contribution is 7.92. The summed E-state index contributed by atoms with van der Waals surface area (Å²) in [5, 5.41) is 4.97. The van der Waals surface area contributed by atoms with Crippen molar-refractivity contribution in [2.75, 3.05) is 28.6 Å². The van der Waals surface area contributed by atoms with Gasteiger partial charge in [-0.3, -0.25) is 9.62 Å². The van der Waals surface area contributed by atoms with E-state index in [0.717, 1.165) is 30.1 Å². The van der Waals surface area contributed by atoms with Crippen LogP contribution in [0.1, 0.15) is 22.5 Å². The summed E-state index contributed by atoms with van der Waals surface area (Å²) in [5.41, 5.74) is 1.79. The fourth-order valence-corrected chi connectivity index (χ4v) is 5.47. The number of anilines is 3. The van der Waals surface area contributed by atoms with E-state index in [1.165, 1.54) is 23.5 Å². The standard InChI is InChI=1S/C20H19N5O5S2/c1-30-19(26)17-18(24-31-23-17)22-20(27)21-14-8-4-9-15(12-14)32(28,29)25-11-5-7-13-6-2-3-10-16(13)25/h2-4,6,8-10,12H,5,7,11H2,1H3,(H2,21,22,24,27). The number of carbonyl (C=O) groups excluding carboxylic acids is 2. The number of methoxy groups -OCH3 is 1. The fourth-order valence-electron chi connectivity index (χ4n) is 3.38. The molecule has 0 unspecified atom stereocenters. The van der Waals surface area contributed by atoms with Crippen LogP contribution in [0.5, 0.6) is 0 Å². The second-order valence-corrected chi connectivity index (χ2v) is 9.26. The Morgan fingerprint density at radius 1 is 1.09 bits per heavy atom. The summed E-state index contributed by atoms with van der Waals surface area (Å²) < 4.78 is 40.3. The van der Waals surface area contributed by atoms with Crippen molar-refractivity contribution in [3.8, 4) is 0 Å². The molecule has 2 N–H and O–H groups in total. The molecule has 0 radical (unpaired) electrons. The van der Waals surface area contributed by atoms with Crippen LogP contribution in [-0.4, -0.2) is 42.8 Å². The van der Waals surface area contributed by atoms with Crippen LogP contribution in [-0.2, 0) is 21.2 Å². The Morgan fingerprint density at radius 3 is 2.72 bits per heavy atom. The van der Waals surface area contributed by atoms with Gasteiger partial charge in [0.15, 0.2) is 5.82 Å². The Morgan fingerprint density at radius 2 is 1.91 bits per heavy atom. The largest absolute Gasteiger partial charge is 0.464 e. The number of aromatic nitrogens is 2. The average molecular weight is 474 g/mol. The first kappa shape index (κ1) is 21.7. The van der Waals surface area contributed by atoms with E-state index in [0.29, 0.717) is 12.2 Å². The topological polar surface area (TPSA) is 131 Å². The van der Waals surface area contributed by atoms with Crippen LogP contribution in [0.25, 0.3) is 0 Å². The predicted octanol–water partition coefficient (Wildman–Crippen LogP) is 3.11. The minimum absolute atomic E-state index is 0.0481. The lowest BCUT2D eigenvalue weighted by molar-refractivity contribution is 0.0596. The van der Waals surface area contributed by atoms with Gasteiger partial charge in [-0.15, -0.1) is 0 Å². The van der Waals surface area contributed by atoms with E-state index < -0.39 is 22.0 Å². The van der Waals surface area contributed by atoms with Crippen LogP contribution < -0.4 is 14.9 Å². The molecule has 0 bridgehead atoms. The summed E-state index contributed by atoms with van der Waals surface area (Å²) in [5.74, 6) is -0.781. The van der Waals surface area contributed by atoms with Gasteiger partial charge in [-0.05, 0) is 42.7 Å². The van der Waals surface area contributed by atoms with Crippen LogP contribution in [0, 0.1) is 0 Å². The monoisotopic (exact) mass is 473 g/mol. The molecule has 32 heavy (non-hydrogen) atoms. The second kappa shape index (κ2) is 8.93. The molecule has 2 heterocycles. The molecular formula is C20H19N5O5S2. The highest BCUT2D eigenvalue weighted by Gasteiger charge is 2.29. The molecule has 12 heteroatoms. The zero-order valence-electron chi connectivity index (χ0n) is 16.9. The van der Waals surface area contributed by atoms with E-state index in [1.54, 1.807) is 18.2 Å². The molecule has 10 nitrogen and oxygen atoms in total. The lowest BCUT2D eigenvalue weighted by Crippen LogP contribution is -2.35. The van der Waals surface area contributed by atoms with Crippen molar-refractivity contribution < 1.29 is 22.7 Å². The molecule has 1 aromatic heterocycles. The smallest absolute Gasteiger partial charge is 0.361 e. The van der Waals surface area contributed by atoms with E-state index in [1.807, 2.05) is 18.2 Å². The van der Waals surface area contributed by atoms with Crippen molar-refractivity contribution in [2.24, 2.45) is 0 Å². The first-order valence-electron chi connectivity index (χ1n) is 9.60. The van der Waals surface area contributed by atoms with Crippen molar-refractivity contribution in [3.05, 3.63) is 59.8 Å². The number of esters is 1. The Bertz CT molecular complexity index is 1270. The number of sulfonamides is 1. The van der Waals surface area contributed by atoms with E-state index in [9.17, 15) is 18.0 Å². The summed E-state index contributed by atoms with van der Waals surface area (Å²) in [6, 6.07) is 12.7. The first-order valence-corrected chi connectivity index (χ1v) is 11.8. The number of fused-ring (bicyclic) bond motifs is 1. The van der Waals surface area contributed by atoms with Crippen LogP contribution in [0.15, 0.2) is 53.4 Å². The molecule has 0 fully saturated rings. The van der Waals surface area contributed by atoms with Gasteiger partial charge in [-0.25, -0.2) is 18.0 Å². The van der Waals surface area contributed by atoms with Gasteiger partial charge < -0.3 is 10.1 Å². The lowest BCUT2D eigenvalue weighted by Gasteiger charge is -2.30. The number of para-hydroxylation sites is 1. The molecule has 3 aromatic rings. The van der Waals surface area contributed by atoms with Crippen LogP contribution in [0.4, 0.5) is 22.0 Å². The zero-order valence-corrected chi connectivity index (χ0v) is 18.6. The number of aryl methyl sites for hydroxylation is 1. The van der Waals surface area contributed by atoms with E-state index >= 15 is 0 Å². The van der Waals surface area contributed by atoms with Gasteiger partial charge in [0.25, 0.3) is 10.0 Å². The summed E-state index contributed by atoms with van der Waals surface area (Å²) in [6.45, 7) is 0.380. The van der Waals surface area contributed by atoms with Crippen molar-refractivity contribution in [1.82, 2.24) is 8.75 Å². The second-order valence-electron chi connectivity index (χ2n) is 6.87. The van der Waals surface area contributed by atoms with Crippen molar-refractivity contribution in [1.29, 1.82) is 0 Å². The minimum atomic E-state index is -3.83. The molecule has 2 amide bonds. The molecule has 0 aliphatic carbocycles. The highest BCUT2D eigenvalue weighted by Crippen LogP contribution is 2.32. The number of nitrogens with zero attached hydrogens (tertiary/aromatic N) is 3. The average Bonchev–Trinajstić information content (AvgIpc) is 3.26. The van der Waals surface area contributed by atoms with Crippen LogP contribution in [0.2, 0.25) is 0 Å². The maximum Gasteiger partial charge on any atom is 0.361 e. The number of ether oxygens (including phenoxy) is 1. The fraction of sp³-hybridized carbons (Fsp3) is 0.200. The maximum absolute atomic E-state index is 13.3. The van der Waals surface area contributed by atoms with Gasteiger partial charge in [0.05, 0.1) is 29.4 Å². The Balaban J connectivity index is 1.54. The lowest BCUT2D eigenvalue weighted by atomic mass is 10.0. The molecule has 1 aliphatic rings. The third-order valence-electron chi connectivity index (χ3n) is 4.85. The SMILES string of the molecule is COC(=O)c1nsnc1NC(=O)Nc1cccc(S(=O)(=O)N2CCCc3ccccc32)c1. The van der Waals surface area contributed by atoms with E-state index in [4.69, 9.17) is 0 Å². The summed E-state index contributed by atoms with van der Waals surface area (Å²) in [7, 11) is -2.63. The number of amides is 2. The molecule has 0 saturated heterocycles. The minimum Gasteiger partial charge on any atom is -0.464 e. The number of rotatable bonds is 5. The molecule has 0 atom stereocenters. The molecule has 1 aliphatic heterocycles. The van der Waals surface area contributed by atoms with E-state index in [2.05, 4.69) is 24.1 Å². The number of nitrogens with one attached hydrogen (secondary N) is 2. The van der Waals surface area contributed by atoms with Gasteiger partial charge in [0.2, 0.25) is 5.69 Å². The molecular weight excluding hydrogens is 454 g/mol. The molecule has 2 aromatic carbocycles. The van der Waals surface area contributed by atoms with Gasteiger partial charge >= 0.3 is 12.0 Å². The molecule has 4 rings (SSSR count). The number of hydrogen-bond acceptors (Lipinski definition) is 8. The summed E-state index contributed by atoms with van der Waals surface area (Å²) >= 11 is 0.746. The number of carbonyl (C=O) groups is 2. The number of urea groups is 1. The van der Waals surface area contributed by atoms with Gasteiger partial charge in [-0.2, -0.15) is 8.75 Å². The predicted molar refractivity (Wildman–Crippen MR) is 120 cm³/mol. The third-order valence-corrected chi connectivity index (χ3v) is 7.18. The van der Waals surface area contributed by atoms with Crippen LogP contribution >= 0.6 is 11.7 Å². The first-order chi connectivity index (χ1) is 15.4. The Hall–Kier alpha value is -3.51. The molecule has 166 valence electrons. The molecule has 0 saturated carbocycles. The van der Waals surface area contributed by atoms with Crippen LogP contribution in [0.3, 0.4) is 0 Å². The van der Waals surface area contributed by atoms with Gasteiger partial charge in [0, 0.05) is 12.2 Å². The van der Waals surface area contributed by atoms with Crippen molar-refractivity contribution in [3.63, 3.8) is 0 Å². The zero-order chi connectivity index (χ0) is 22.7. The van der Waals surface area contributed by atoms with Crippen molar-refractivity contribution >= 4 is 50.9 Å². The molecule has 0 spiro atoms. The van der Waals surface area contributed by atoms with E-state index in [-0.39, 0.29) is 22.1 Å². The van der Waals surface area contributed by atoms with Gasteiger partial charge in [0.1, 0.15) is 0 Å². The Labute approximate surface area is 188 Å². The third kappa shape index (κ3) is 4.27. The quantitative estimate of drug-likeness (QED) is 0.545. The van der Waals surface area contributed by atoms with Crippen molar-refractivity contribution in [2.45, 2.75) is 17.7 Å².